The molecule has 16 heteroatoms. The normalized spacial score (nSPS) is 18.6. The average molecular weight is 574 g/mol. The second-order valence-electron chi connectivity index (χ2n) is 6.60. The van der Waals surface area contributed by atoms with Crippen LogP contribution in [-0.2, 0) is 72.3 Å². The molecular formula is C18H26Fe2N2O12. The summed E-state index contributed by atoms with van der Waals surface area (Å²) in [7, 11) is 0. The van der Waals surface area contributed by atoms with Crippen LogP contribution in [0.25, 0.3) is 0 Å². The zero-order valence-corrected chi connectivity index (χ0v) is 20.3. The number of hydrogen-bond acceptors (Lipinski definition) is 14. The molecule has 1 heterocycles. The third kappa shape index (κ3) is 13.5. The Balaban J connectivity index is 0. The molecule has 14 nitrogen and oxygen atoms in total. The second kappa shape index (κ2) is 19.9. The molecule has 0 aromatic heterocycles. The molecule has 0 saturated carbocycles. The third-order valence-corrected chi connectivity index (χ3v) is 4.46. The molecule has 1 rings (SSSR count). The van der Waals surface area contributed by atoms with Gasteiger partial charge in [0, 0.05) is 26.2 Å². The summed E-state index contributed by atoms with van der Waals surface area (Å²) in [5.41, 5.74) is 0. The van der Waals surface area contributed by atoms with E-state index in [0.717, 1.165) is 9.80 Å². The number of ether oxygens (including phenoxy) is 4. The van der Waals surface area contributed by atoms with Gasteiger partial charge in [-0.2, -0.15) is 0 Å². The first-order chi connectivity index (χ1) is 15.3. The Labute approximate surface area is 217 Å². The van der Waals surface area contributed by atoms with Crippen molar-refractivity contribution in [3.05, 3.63) is 0 Å². The van der Waals surface area contributed by atoms with Crippen molar-refractivity contribution in [1.82, 2.24) is 9.80 Å². The molecule has 0 unspecified atom stereocenters. The summed E-state index contributed by atoms with van der Waals surface area (Å²) in [5, 5.41) is 44.6. The van der Waals surface area contributed by atoms with Crippen LogP contribution >= 0.6 is 0 Å². The van der Waals surface area contributed by atoms with E-state index in [0.29, 0.717) is 0 Å². The van der Waals surface area contributed by atoms with Gasteiger partial charge in [-0.25, -0.2) is 0 Å². The van der Waals surface area contributed by atoms with E-state index in [-0.39, 0.29) is 113 Å². The number of hydrogen-bond donors (Lipinski definition) is 0. The fourth-order valence-corrected chi connectivity index (χ4v) is 2.90. The van der Waals surface area contributed by atoms with Gasteiger partial charge < -0.3 is 58.6 Å². The summed E-state index contributed by atoms with van der Waals surface area (Å²) in [6.45, 7) is -0.0340. The maximum atomic E-state index is 11.1. The van der Waals surface area contributed by atoms with Crippen LogP contribution in [0.2, 0.25) is 0 Å². The topological polar surface area (TPSA) is 204 Å². The van der Waals surface area contributed by atoms with Crippen LogP contribution in [-0.4, -0.2) is 125 Å². The molecule has 1 aliphatic heterocycles. The Morgan fingerprint density at radius 3 is 0.853 bits per heavy atom. The van der Waals surface area contributed by atoms with Gasteiger partial charge in [-0.05, 0) is 0 Å². The number of carbonyl (C=O) groups is 4. The van der Waals surface area contributed by atoms with E-state index in [1.165, 1.54) is 0 Å². The van der Waals surface area contributed by atoms with Crippen molar-refractivity contribution in [2.75, 3.05) is 79.0 Å². The van der Waals surface area contributed by atoms with Crippen molar-refractivity contribution in [2.24, 2.45) is 0 Å². The summed E-state index contributed by atoms with van der Waals surface area (Å²) in [4.78, 5) is 46.8. The van der Waals surface area contributed by atoms with E-state index in [4.69, 9.17) is 18.9 Å². The first kappa shape index (κ1) is 34.8. The number of aliphatic carboxylic acids is 4. The van der Waals surface area contributed by atoms with Crippen molar-refractivity contribution >= 4 is 23.9 Å². The summed E-state index contributed by atoms with van der Waals surface area (Å²) >= 11 is 0. The zero-order valence-electron chi connectivity index (χ0n) is 18.1. The summed E-state index contributed by atoms with van der Waals surface area (Å²) in [6, 6.07) is -3.93. The molecule has 0 aromatic rings. The quantitative estimate of drug-likeness (QED) is 0.214. The largest absolute Gasteiger partial charge is 2.00 e. The van der Waals surface area contributed by atoms with Gasteiger partial charge in [0.05, 0.1) is 88.8 Å². The maximum absolute atomic E-state index is 11.1. The van der Waals surface area contributed by atoms with Gasteiger partial charge in [0.15, 0.2) is 0 Å². The maximum Gasteiger partial charge on any atom is 2.00 e. The van der Waals surface area contributed by atoms with Crippen molar-refractivity contribution in [3.8, 4) is 0 Å². The zero-order chi connectivity index (χ0) is 23.9. The van der Waals surface area contributed by atoms with E-state index in [9.17, 15) is 39.6 Å². The summed E-state index contributed by atoms with van der Waals surface area (Å²) < 4.78 is 21.2. The van der Waals surface area contributed by atoms with E-state index >= 15 is 0 Å². The predicted molar refractivity (Wildman–Crippen MR) is 94.0 cm³/mol. The third-order valence-electron chi connectivity index (χ3n) is 4.46. The van der Waals surface area contributed by atoms with Gasteiger partial charge in [0.25, 0.3) is 0 Å². The standard InChI is InChI=1S/C18H30N2O12.2Fe/c21-15(22)13(16(23)24)19-1-5-29-9-10-31-7-3-20(14(17(25)26)18(27)28)4-8-32-12-11-30-6-2-19;;/h13-14H,1-12H2,(H,21,22)(H,23,24)(H,25,26)(H,27,28);;/q;2*+2/p-4. The molecule has 0 bridgehead atoms. The smallest absolute Gasteiger partial charge is 0.548 e. The number of rotatable bonds is 6. The molecule has 1 aliphatic rings. The molecule has 0 amide bonds. The minimum atomic E-state index is -1.97. The fraction of sp³-hybridized carbons (Fsp3) is 0.778. The Hall–Kier alpha value is -1.32. The SMILES string of the molecule is O=C([O-])C(C(=O)[O-])N1CCOCCOCCN(C(C(=O)[O-])C(=O)[O-])CCOCCOCC1.[Fe+2].[Fe+2]. The second-order valence-corrected chi connectivity index (χ2v) is 6.60. The molecule has 34 heavy (non-hydrogen) atoms. The Morgan fingerprint density at radius 1 is 0.471 bits per heavy atom. The summed E-state index contributed by atoms with van der Waals surface area (Å²) in [5.74, 6) is -7.24. The monoisotopic (exact) mass is 574 g/mol. The number of carboxylic acids is 4. The number of carboxylic acid groups (broad SMARTS) is 4. The van der Waals surface area contributed by atoms with Crippen molar-refractivity contribution in [3.63, 3.8) is 0 Å². The minimum absolute atomic E-state index is 0. The summed E-state index contributed by atoms with van der Waals surface area (Å²) in [6.07, 6.45) is 0. The Morgan fingerprint density at radius 2 is 0.676 bits per heavy atom. The fourth-order valence-electron chi connectivity index (χ4n) is 2.90. The van der Waals surface area contributed by atoms with Gasteiger partial charge in [0.1, 0.15) is 0 Å². The van der Waals surface area contributed by atoms with Gasteiger partial charge in [-0.15, -0.1) is 0 Å². The molecule has 0 N–H and O–H groups in total. The van der Waals surface area contributed by atoms with E-state index in [1.807, 2.05) is 0 Å². The van der Waals surface area contributed by atoms with Crippen LogP contribution in [0.3, 0.4) is 0 Å². The van der Waals surface area contributed by atoms with Crippen LogP contribution < -0.4 is 20.4 Å². The molecule has 196 valence electrons. The Bertz CT molecular complexity index is 528. The first-order valence-corrected chi connectivity index (χ1v) is 9.88. The molecule has 1 fully saturated rings. The predicted octanol–water partition coefficient (Wildman–Crippen LogP) is -7.60. The van der Waals surface area contributed by atoms with Crippen molar-refractivity contribution in [2.45, 2.75) is 12.1 Å². The van der Waals surface area contributed by atoms with Crippen LogP contribution in [0, 0.1) is 0 Å². The number of nitrogens with zero attached hydrogens (tertiary/aromatic N) is 2. The minimum Gasteiger partial charge on any atom is -0.548 e. The van der Waals surface area contributed by atoms with Gasteiger partial charge in [0.2, 0.25) is 0 Å². The number of carbonyl (C=O) groups excluding carboxylic acids is 4. The molecule has 0 spiro atoms. The van der Waals surface area contributed by atoms with Crippen molar-refractivity contribution < 1.29 is 92.7 Å². The van der Waals surface area contributed by atoms with Crippen LogP contribution in [0.15, 0.2) is 0 Å². The van der Waals surface area contributed by atoms with Gasteiger partial charge in [-0.3, -0.25) is 9.80 Å². The van der Waals surface area contributed by atoms with Crippen LogP contribution in [0.4, 0.5) is 0 Å². The van der Waals surface area contributed by atoms with Crippen LogP contribution in [0.5, 0.6) is 0 Å². The Kier molecular flexibility index (Phi) is 20.4. The van der Waals surface area contributed by atoms with E-state index in [1.54, 1.807) is 0 Å². The van der Waals surface area contributed by atoms with E-state index < -0.39 is 36.0 Å². The molecule has 0 aromatic carbocycles. The van der Waals surface area contributed by atoms with E-state index in [2.05, 4.69) is 0 Å². The van der Waals surface area contributed by atoms with Crippen LogP contribution in [0.1, 0.15) is 0 Å². The molecule has 0 aliphatic carbocycles. The molecule has 1 saturated heterocycles. The van der Waals surface area contributed by atoms with Gasteiger partial charge >= 0.3 is 34.1 Å². The first-order valence-electron chi connectivity index (χ1n) is 9.88. The average Bonchev–Trinajstić information content (AvgIpc) is 2.69. The molecule has 0 radical (unpaired) electrons. The van der Waals surface area contributed by atoms with Gasteiger partial charge in [-0.1, -0.05) is 0 Å². The van der Waals surface area contributed by atoms with Crippen molar-refractivity contribution in [1.29, 1.82) is 0 Å². The molecule has 0 atom stereocenters. The molecular weight excluding hydrogens is 548 g/mol.